The zero-order valence-electron chi connectivity index (χ0n) is 13.9. The first-order valence-corrected chi connectivity index (χ1v) is 9.86. The van der Waals surface area contributed by atoms with Crippen molar-refractivity contribution in [1.29, 1.82) is 0 Å². The van der Waals surface area contributed by atoms with Gasteiger partial charge in [-0.1, -0.05) is 35.6 Å². The number of thioether (sulfide) groups is 1. The number of nitrogens with zero attached hydrogens (tertiary/aromatic N) is 2. The third kappa shape index (κ3) is 5.42. The van der Waals surface area contributed by atoms with Gasteiger partial charge in [0.1, 0.15) is 0 Å². The van der Waals surface area contributed by atoms with Crippen molar-refractivity contribution in [3.05, 3.63) is 29.8 Å². The minimum absolute atomic E-state index is 0.0308. The largest absolute Gasteiger partial charge is 0.416 e. The van der Waals surface area contributed by atoms with E-state index in [1.807, 2.05) is 0 Å². The topological polar surface area (TPSA) is 84.0 Å². The van der Waals surface area contributed by atoms with Gasteiger partial charge in [0.2, 0.25) is 16.9 Å². The van der Waals surface area contributed by atoms with Crippen molar-refractivity contribution < 1.29 is 22.8 Å². The number of hydrogen-bond acceptors (Lipinski definition) is 6. The normalized spacial score (nSPS) is 14.5. The molecule has 1 fully saturated rings. The number of carbonyl (C=O) groups excluding carboxylic acids is 2. The van der Waals surface area contributed by atoms with E-state index in [1.54, 1.807) is 0 Å². The second-order valence-corrected chi connectivity index (χ2v) is 8.11. The van der Waals surface area contributed by atoms with E-state index in [9.17, 15) is 22.8 Å². The Morgan fingerprint density at radius 2 is 2.00 bits per heavy atom. The van der Waals surface area contributed by atoms with Crippen molar-refractivity contribution in [1.82, 2.24) is 10.2 Å². The van der Waals surface area contributed by atoms with Crippen LogP contribution in [0.15, 0.2) is 28.6 Å². The molecule has 144 valence electrons. The number of benzene rings is 1. The second kappa shape index (κ2) is 8.26. The summed E-state index contributed by atoms with van der Waals surface area (Å²) in [6.45, 7) is 0. The van der Waals surface area contributed by atoms with E-state index in [0.29, 0.717) is 9.47 Å². The molecule has 0 aliphatic heterocycles. The highest BCUT2D eigenvalue weighted by Crippen LogP contribution is 2.31. The third-order valence-corrected chi connectivity index (χ3v) is 5.88. The van der Waals surface area contributed by atoms with Gasteiger partial charge in [-0.2, -0.15) is 13.2 Å². The first-order chi connectivity index (χ1) is 12.8. The van der Waals surface area contributed by atoms with E-state index < -0.39 is 17.6 Å². The highest BCUT2D eigenvalue weighted by Gasteiger charge is 2.30. The molecule has 2 N–H and O–H groups in total. The molecule has 2 amide bonds. The van der Waals surface area contributed by atoms with Crippen LogP contribution >= 0.6 is 23.1 Å². The summed E-state index contributed by atoms with van der Waals surface area (Å²) in [6, 6.07) is 4.43. The molecule has 0 radical (unpaired) electrons. The van der Waals surface area contributed by atoms with E-state index in [2.05, 4.69) is 20.8 Å². The SMILES string of the molecule is O=C(CSc1nnc(NC(=O)C2CCC2)s1)Nc1cccc(C(F)(F)F)c1. The third-order valence-electron chi connectivity index (χ3n) is 3.91. The van der Waals surface area contributed by atoms with Crippen LogP contribution in [0.3, 0.4) is 0 Å². The predicted molar refractivity (Wildman–Crippen MR) is 96.7 cm³/mol. The molecule has 0 spiro atoms. The van der Waals surface area contributed by atoms with Crippen LogP contribution in [-0.4, -0.2) is 27.8 Å². The molecule has 1 heterocycles. The van der Waals surface area contributed by atoms with Gasteiger partial charge in [-0.15, -0.1) is 10.2 Å². The summed E-state index contributed by atoms with van der Waals surface area (Å²) < 4.78 is 38.5. The van der Waals surface area contributed by atoms with Gasteiger partial charge >= 0.3 is 6.18 Å². The number of aromatic nitrogens is 2. The smallest absolute Gasteiger partial charge is 0.325 e. The van der Waals surface area contributed by atoms with Crippen LogP contribution in [0.4, 0.5) is 24.0 Å². The number of anilines is 2. The monoisotopic (exact) mass is 416 g/mol. The highest BCUT2D eigenvalue weighted by molar-refractivity contribution is 8.01. The minimum atomic E-state index is -4.47. The van der Waals surface area contributed by atoms with Crippen LogP contribution < -0.4 is 10.6 Å². The lowest BCUT2D eigenvalue weighted by Gasteiger charge is -2.23. The molecule has 0 saturated heterocycles. The van der Waals surface area contributed by atoms with Crippen molar-refractivity contribution in [2.24, 2.45) is 5.92 Å². The molecule has 0 bridgehead atoms. The Labute approximate surface area is 160 Å². The van der Waals surface area contributed by atoms with E-state index in [0.717, 1.165) is 54.5 Å². The highest BCUT2D eigenvalue weighted by atomic mass is 32.2. The Bertz CT molecular complexity index is 837. The van der Waals surface area contributed by atoms with Crippen molar-refractivity contribution in [2.45, 2.75) is 29.8 Å². The van der Waals surface area contributed by atoms with Gasteiger partial charge in [0.25, 0.3) is 0 Å². The van der Waals surface area contributed by atoms with Gasteiger partial charge in [-0.25, -0.2) is 0 Å². The molecule has 0 unspecified atom stereocenters. The molecule has 11 heteroatoms. The van der Waals surface area contributed by atoms with Crippen LogP contribution in [0.2, 0.25) is 0 Å². The number of alkyl halides is 3. The van der Waals surface area contributed by atoms with E-state index >= 15 is 0 Å². The zero-order valence-corrected chi connectivity index (χ0v) is 15.5. The summed E-state index contributed by atoms with van der Waals surface area (Å²) in [6.07, 6.45) is -1.66. The van der Waals surface area contributed by atoms with Crippen LogP contribution in [0.1, 0.15) is 24.8 Å². The maximum Gasteiger partial charge on any atom is 0.416 e. The number of amides is 2. The number of nitrogens with one attached hydrogen (secondary N) is 2. The molecule has 1 saturated carbocycles. The Hall–Kier alpha value is -2.14. The summed E-state index contributed by atoms with van der Waals surface area (Å²) in [5.74, 6) is -0.546. The van der Waals surface area contributed by atoms with Crippen LogP contribution in [-0.2, 0) is 15.8 Å². The van der Waals surface area contributed by atoms with Gasteiger partial charge in [0.05, 0.1) is 11.3 Å². The maximum absolute atomic E-state index is 12.7. The van der Waals surface area contributed by atoms with Crippen LogP contribution in [0, 0.1) is 5.92 Å². The standard InChI is InChI=1S/C16H15F3N4O2S2/c17-16(18,19)10-5-2-6-11(7-10)20-12(24)8-26-15-23-22-14(27-15)21-13(25)9-3-1-4-9/h2,5-7,9H,1,3-4,8H2,(H,20,24)(H,21,22,25). The van der Waals surface area contributed by atoms with Gasteiger partial charge in [-0.3, -0.25) is 9.59 Å². The van der Waals surface area contributed by atoms with Gasteiger partial charge in [0.15, 0.2) is 4.34 Å². The fourth-order valence-corrected chi connectivity index (χ4v) is 3.85. The molecular formula is C16H15F3N4O2S2. The molecular weight excluding hydrogens is 401 g/mol. The van der Waals surface area contributed by atoms with Crippen LogP contribution in [0.25, 0.3) is 0 Å². The lowest BCUT2D eigenvalue weighted by Crippen LogP contribution is -2.27. The first-order valence-electron chi connectivity index (χ1n) is 8.05. The number of carbonyl (C=O) groups is 2. The second-order valence-electron chi connectivity index (χ2n) is 5.91. The first kappa shape index (κ1) is 19.6. The average Bonchev–Trinajstić information content (AvgIpc) is 2.98. The summed E-state index contributed by atoms with van der Waals surface area (Å²) in [5, 5.41) is 13.2. The average molecular weight is 416 g/mol. The minimum Gasteiger partial charge on any atom is -0.325 e. The van der Waals surface area contributed by atoms with Crippen molar-refractivity contribution in [3.8, 4) is 0 Å². The lowest BCUT2D eigenvalue weighted by molar-refractivity contribution is -0.137. The predicted octanol–water partition coefficient (Wildman–Crippen LogP) is 4.03. The molecule has 1 aromatic carbocycles. The fourth-order valence-electron chi connectivity index (χ4n) is 2.29. The molecule has 6 nitrogen and oxygen atoms in total. The number of hydrogen-bond donors (Lipinski definition) is 2. The molecule has 1 aromatic heterocycles. The fraction of sp³-hybridized carbons (Fsp3) is 0.375. The molecule has 2 aromatic rings. The Kier molecular flexibility index (Phi) is 6.00. The van der Waals surface area contributed by atoms with Crippen molar-refractivity contribution >= 4 is 45.7 Å². The van der Waals surface area contributed by atoms with Gasteiger partial charge in [-0.05, 0) is 31.0 Å². The van der Waals surface area contributed by atoms with E-state index in [1.165, 1.54) is 12.1 Å². The Balaban J connectivity index is 1.49. The number of halogens is 3. The van der Waals surface area contributed by atoms with E-state index in [4.69, 9.17) is 0 Å². The molecule has 0 atom stereocenters. The summed E-state index contributed by atoms with van der Waals surface area (Å²) in [5.41, 5.74) is -0.759. The Morgan fingerprint density at radius 1 is 1.22 bits per heavy atom. The Morgan fingerprint density at radius 3 is 2.67 bits per heavy atom. The summed E-state index contributed by atoms with van der Waals surface area (Å²) >= 11 is 2.24. The molecule has 3 rings (SSSR count). The quantitative estimate of drug-likeness (QED) is 0.549. The van der Waals surface area contributed by atoms with Gasteiger partial charge < -0.3 is 10.6 Å². The van der Waals surface area contributed by atoms with E-state index in [-0.39, 0.29) is 23.3 Å². The molecule has 27 heavy (non-hydrogen) atoms. The molecule has 1 aliphatic carbocycles. The number of rotatable bonds is 6. The zero-order chi connectivity index (χ0) is 19.4. The van der Waals surface area contributed by atoms with Gasteiger partial charge in [0, 0.05) is 11.6 Å². The lowest BCUT2D eigenvalue weighted by atomic mass is 9.85. The summed E-state index contributed by atoms with van der Waals surface area (Å²) in [7, 11) is 0. The van der Waals surface area contributed by atoms with Crippen molar-refractivity contribution in [2.75, 3.05) is 16.4 Å². The van der Waals surface area contributed by atoms with Crippen molar-refractivity contribution in [3.63, 3.8) is 0 Å². The van der Waals surface area contributed by atoms with Crippen LogP contribution in [0.5, 0.6) is 0 Å². The maximum atomic E-state index is 12.7. The molecule has 1 aliphatic rings. The summed E-state index contributed by atoms with van der Waals surface area (Å²) in [4.78, 5) is 23.8.